The first kappa shape index (κ1) is 11.7. The molecule has 1 amide bonds. The average molecular weight is 445 g/mol. The van der Waals surface area contributed by atoms with Gasteiger partial charge in [0.1, 0.15) is 0 Å². The molecule has 13 heavy (non-hydrogen) atoms. The molecule has 0 unspecified atom stereocenters. The number of carbonyl (C=O) groups is 1. The van der Waals surface area contributed by atoms with Crippen molar-refractivity contribution in [3.05, 3.63) is 22.2 Å². The molecule has 1 aromatic heterocycles. The molecule has 72 valence electrons. The number of hydrogen-bond acceptors (Lipinski definition) is 3. The van der Waals surface area contributed by atoms with Crippen molar-refractivity contribution in [1.29, 1.82) is 0 Å². The molecule has 1 N–H and O–H groups in total. The van der Waals surface area contributed by atoms with Crippen molar-refractivity contribution in [3.8, 4) is 0 Å². The molecule has 0 radical (unpaired) electrons. The van der Waals surface area contributed by atoms with Crippen molar-refractivity contribution in [2.75, 3.05) is 0 Å². The van der Waals surface area contributed by atoms with E-state index in [0.717, 1.165) is 0 Å². The third-order valence-electron chi connectivity index (χ3n) is 1.08. The molecule has 0 saturated carbocycles. The van der Waals surface area contributed by atoms with Gasteiger partial charge in [-0.25, -0.2) is 0 Å². The SMILES string of the molecule is O=C(N[I-]I)c1cnc(Cl)nc1Cl. The molecule has 4 nitrogen and oxygen atoms in total. The summed E-state index contributed by atoms with van der Waals surface area (Å²) in [6.07, 6.45) is 1.31. The van der Waals surface area contributed by atoms with Gasteiger partial charge in [0, 0.05) is 0 Å². The molecule has 0 saturated heterocycles. The fraction of sp³-hybridized carbons (Fsp3) is 0. The molecule has 0 atom stereocenters. The van der Waals surface area contributed by atoms with E-state index >= 15 is 0 Å². The van der Waals surface area contributed by atoms with Crippen molar-refractivity contribution in [2.45, 2.75) is 0 Å². The number of aromatic nitrogens is 2. The second-order valence-corrected chi connectivity index (χ2v) is 6.22. The molecular formula is C5H2Cl2I2N3O-. The Hall–Kier alpha value is 0.590. The number of rotatable bonds is 2. The van der Waals surface area contributed by atoms with Crippen LogP contribution in [-0.4, -0.2) is 15.9 Å². The Bertz CT molecular complexity index is 336. The normalized spacial score (nSPS) is 10.1. The first-order chi connectivity index (χ1) is 6.15. The first-order valence-electron chi connectivity index (χ1n) is 2.88. The summed E-state index contributed by atoms with van der Waals surface area (Å²) < 4.78 is 2.67. The molecular weight excluding hydrogens is 443 g/mol. The summed E-state index contributed by atoms with van der Waals surface area (Å²) in [5, 5.41) is 0.108. The molecule has 1 rings (SSSR count). The number of halogens is 4. The Balaban J connectivity index is 2.95. The van der Waals surface area contributed by atoms with Crippen LogP contribution < -0.4 is 21.0 Å². The molecule has 1 heterocycles. The molecule has 0 aromatic carbocycles. The molecule has 0 aliphatic rings. The van der Waals surface area contributed by atoms with E-state index in [2.05, 4.69) is 32.1 Å². The fourth-order valence-electron chi connectivity index (χ4n) is 0.577. The van der Waals surface area contributed by atoms with E-state index in [1.807, 2.05) is 0 Å². The number of nitrogens with one attached hydrogen (secondary N) is 1. The zero-order chi connectivity index (χ0) is 9.84. The van der Waals surface area contributed by atoms with Gasteiger partial charge in [0.25, 0.3) is 0 Å². The Morgan fingerprint density at radius 2 is 2.31 bits per heavy atom. The van der Waals surface area contributed by atoms with Crippen molar-refractivity contribution >= 4 is 47.7 Å². The quantitative estimate of drug-likeness (QED) is 0.272. The summed E-state index contributed by atoms with van der Waals surface area (Å²) >= 11 is 12.9. The summed E-state index contributed by atoms with van der Waals surface area (Å²) in [7, 11) is 0. The monoisotopic (exact) mass is 444 g/mol. The van der Waals surface area contributed by atoms with Crippen LogP contribution in [0.4, 0.5) is 0 Å². The predicted molar refractivity (Wildman–Crippen MR) is 53.5 cm³/mol. The van der Waals surface area contributed by atoms with Crippen molar-refractivity contribution in [3.63, 3.8) is 0 Å². The molecule has 0 aliphatic carbocycles. The fourth-order valence-corrected chi connectivity index (χ4v) is 2.69. The van der Waals surface area contributed by atoms with Gasteiger partial charge in [0.2, 0.25) is 0 Å². The Kier molecular flexibility index (Phi) is 4.90. The van der Waals surface area contributed by atoms with E-state index in [9.17, 15) is 4.79 Å². The van der Waals surface area contributed by atoms with Crippen molar-refractivity contribution in [1.82, 2.24) is 13.5 Å². The van der Waals surface area contributed by atoms with E-state index in [-0.39, 0.29) is 39.4 Å². The molecule has 0 fully saturated rings. The van der Waals surface area contributed by atoms with Crippen LogP contribution in [-0.2, 0) is 0 Å². The van der Waals surface area contributed by atoms with E-state index in [0.29, 0.717) is 0 Å². The van der Waals surface area contributed by atoms with Gasteiger partial charge in [-0.3, -0.25) is 0 Å². The van der Waals surface area contributed by atoms with E-state index < -0.39 is 0 Å². The summed E-state index contributed by atoms with van der Waals surface area (Å²) in [6, 6.07) is 0. The van der Waals surface area contributed by atoms with Crippen LogP contribution in [0.3, 0.4) is 0 Å². The Morgan fingerprint density at radius 1 is 1.62 bits per heavy atom. The minimum atomic E-state index is -0.356. The van der Waals surface area contributed by atoms with Crippen molar-refractivity contribution in [2.24, 2.45) is 0 Å². The second-order valence-electron chi connectivity index (χ2n) is 1.84. The first-order valence-corrected chi connectivity index (χ1v) is 11.0. The van der Waals surface area contributed by atoms with Gasteiger partial charge in [-0.2, -0.15) is 0 Å². The van der Waals surface area contributed by atoms with Gasteiger partial charge in [0.05, 0.1) is 0 Å². The van der Waals surface area contributed by atoms with Crippen LogP contribution in [0.5, 0.6) is 0 Å². The molecule has 1 aromatic rings. The van der Waals surface area contributed by atoms with Crippen LogP contribution in [0.2, 0.25) is 10.4 Å². The summed E-state index contributed by atoms with van der Waals surface area (Å²) in [5.74, 6) is -0.260. The van der Waals surface area contributed by atoms with Crippen LogP contribution in [0.15, 0.2) is 6.20 Å². The third kappa shape index (κ3) is 3.33. The molecule has 8 heteroatoms. The van der Waals surface area contributed by atoms with Crippen LogP contribution in [0, 0.1) is 0 Å². The number of carbonyl (C=O) groups excluding carboxylic acids is 1. The molecule has 0 aliphatic heterocycles. The van der Waals surface area contributed by atoms with Crippen LogP contribution >= 0.6 is 41.8 Å². The van der Waals surface area contributed by atoms with Crippen LogP contribution in [0.1, 0.15) is 10.4 Å². The van der Waals surface area contributed by atoms with Gasteiger partial charge in [0.15, 0.2) is 0 Å². The molecule has 0 bridgehead atoms. The summed E-state index contributed by atoms with van der Waals surface area (Å²) in [6.45, 7) is 0. The number of nitrogens with zero attached hydrogens (tertiary/aromatic N) is 2. The third-order valence-corrected chi connectivity index (χ3v) is 3.61. The Morgan fingerprint density at radius 3 is 2.85 bits per heavy atom. The molecule has 0 spiro atoms. The zero-order valence-electron chi connectivity index (χ0n) is 5.89. The Labute approximate surface area is 105 Å². The summed E-state index contributed by atoms with van der Waals surface area (Å²) in [5.41, 5.74) is 0.252. The maximum atomic E-state index is 11.3. The van der Waals surface area contributed by atoms with Gasteiger partial charge in [-0.05, 0) is 0 Å². The van der Waals surface area contributed by atoms with Crippen molar-refractivity contribution < 1.29 is 22.3 Å². The van der Waals surface area contributed by atoms with Crippen LogP contribution in [0.25, 0.3) is 0 Å². The van der Waals surface area contributed by atoms with Gasteiger partial charge in [-0.15, -0.1) is 0 Å². The number of hydrogen-bond donors (Lipinski definition) is 1. The van der Waals surface area contributed by atoms with E-state index in [4.69, 9.17) is 23.2 Å². The minimum absolute atomic E-state index is 0.0331. The van der Waals surface area contributed by atoms with Gasteiger partial charge < -0.3 is 0 Å². The maximum absolute atomic E-state index is 11.3. The summed E-state index contributed by atoms with van der Waals surface area (Å²) in [4.78, 5) is 18.6. The topological polar surface area (TPSA) is 54.9 Å². The number of amides is 1. The van der Waals surface area contributed by atoms with E-state index in [1.54, 1.807) is 0 Å². The second kappa shape index (κ2) is 5.47. The van der Waals surface area contributed by atoms with Gasteiger partial charge in [-0.1, -0.05) is 0 Å². The van der Waals surface area contributed by atoms with E-state index in [1.165, 1.54) is 6.20 Å². The standard InChI is InChI=1S/C5H2Cl2I2N3O/c6-3-2(4(13)12-9-8)1-10-5(7)11-3/h1H,(H,12,13)/q-1. The predicted octanol–water partition coefficient (Wildman–Crippen LogP) is -1.13. The zero-order valence-corrected chi connectivity index (χ0v) is 11.7. The van der Waals surface area contributed by atoms with Gasteiger partial charge >= 0.3 is 106 Å². The average Bonchev–Trinajstić information content (AvgIpc) is 2.04.